The lowest BCUT2D eigenvalue weighted by molar-refractivity contribution is 0.849. The van der Waals surface area contributed by atoms with Crippen molar-refractivity contribution in [3.8, 4) is 23.5 Å². The predicted octanol–water partition coefficient (Wildman–Crippen LogP) is 5.52. The molecule has 4 aromatic rings. The lowest BCUT2D eigenvalue weighted by atomic mass is 10.3. The molecule has 0 spiro atoms. The van der Waals surface area contributed by atoms with Crippen LogP contribution < -0.4 is 0 Å². The number of aromatic nitrogens is 4. The molecule has 0 fully saturated rings. The summed E-state index contributed by atoms with van der Waals surface area (Å²) < 4.78 is 2.93. The first-order valence-corrected chi connectivity index (χ1v) is 9.26. The molecule has 0 atom stereocenters. The van der Waals surface area contributed by atoms with E-state index in [1.54, 1.807) is 48.5 Å². The van der Waals surface area contributed by atoms with Crippen LogP contribution in [-0.4, -0.2) is 19.6 Å². The topological polar surface area (TPSA) is 108 Å². The Balaban J connectivity index is 1.80. The summed E-state index contributed by atoms with van der Waals surface area (Å²) in [6.45, 7) is 0. The highest BCUT2D eigenvalue weighted by molar-refractivity contribution is 6.30. The predicted molar refractivity (Wildman–Crippen MR) is 111 cm³/mol. The van der Waals surface area contributed by atoms with Gasteiger partial charge in [0.1, 0.15) is 23.3 Å². The van der Waals surface area contributed by atoms with Crippen molar-refractivity contribution in [2.45, 2.75) is 0 Å². The molecule has 0 aliphatic carbocycles. The van der Waals surface area contributed by atoms with Crippen LogP contribution in [0.25, 0.3) is 11.4 Å². The average Bonchev–Trinajstić information content (AvgIpc) is 3.36. The van der Waals surface area contributed by atoms with E-state index in [4.69, 9.17) is 23.2 Å². The van der Waals surface area contributed by atoms with Gasteiger partial charge < -0.3 is 0 Å². The molecule has 0 amide bonds. The zero-order valence-corrected chi connectivity index (χ0v) is 16.6. The number of hydrogen-bond donors (Lipinski definition) is 0. The van der Waals surface area contributed by atoms with Crippen LogP contribution in [0.15, 0.2) is 71.2 Å². The van der Waals surface area contributed by atoms with Gasteiger partial charge >= 0.3 is 0 Å². The van der Waals surface area contributed by atoms with Crippen molar-refractivity contribution in [3.05, 3.63) is 82.1 Å². The lowest BCUT2D eigenvalue weighted by Crippen LogP contribution is -1.96. The van der Waals surface area contributed by atoms with Gasteiger partial charge in [-0.05, 0) is 48.5 Å². The fraction of sp³-hybridized carbons (Fsp3) is 0. The van der Waals surface area contributed by atoms with Gasteiger partial charge in [0.15, 0.2) is 11.6 Å². The Morgan fingerprint density at radius 3 is 1.37 bits per heavy atom. The molecule has 0 aliphatic rings. The summed E-state index contributed by atoms with van der Waals surface area (Å²) in [6.07, 6.45) is 2.79. The van der Waals surface area contributed by atoms with Gasteiger partial charge in [-0.3, -0.25) is 0 Å². The van der Waals surface area contributed by atoms with E-state index < -0.39 is 0 Å². The van der Waals surface area contributed by atoms with E-state index >= 15 is 0 Å². The van der Waals surface area contributed by atoms with Crippen LogP contribution in [0.4, 0.5) is 11.6 Å². The average molecular weight is 433 g/mol. The maximum atomic E-state index is 9.43. The van der Waals surface area contributed by atoms with E-state index in [2.05, 4.69) is 20.4 Å². The summed E-state index contributed by atoms with van der Waals surface area (Å²) in [6, 6.07) is 17.9. The van der Waals surface area contributed by atoms with Gasteiger partial charge in [0.2, 0.25) is 0 Å². The van der Waals surface area contributed by atoms with Crippen LogP contribution in [-0.2, 0) is 0 Å². The van der Waals surface area contributed by atoms with Crippen molar-refractivity contribution < 1.29 is 0 Å². The Hall–Kier alpha value is -3.98. The van der Waals surface area contributed by atoms with Gasteiger partial charge in [-0.2, -0.15) is 20.7 Å². The summed E-state index contributed by atoms with van der Waals surface area (Å²) in [5.41, 5.74) is 1.76. The SMILES string of the molecule is N#Cc1cnn(-c2ccc(Cl)cc2)c1/N=N/c1c(C#N)cnn1-c1ccc(Cl)cc1. The van der Waals surface area contributed by atoms with E-state index in [1.807, 2.05) is 12.1 Å². The van der Waals surface area contributed by atoms with E-state index in [-0.39, 0.29) is 22.8 Å². The van der Waals surface area contributed by atoms with Gasteiger partial charge in [-0.1, -0.05) is 23.2 Å². The van der Waals surface area contributed by atoms with Gasteiger partial charge in [0.05, 0.1) is 23.8 Å². The molecule has 0 bridgehead atoms. The van der Waals surface area contributed by atoms with Crippen molar-refractivity contribution in [2.24, 2.45) is 10.2 Å². The summed E-state index contributed by atoms with van der Waals surface area (Å²) in [5.74, 6) is 0.431. The minimum Gasteiger partial charge on any atom is -0.212 e. The summed E-state index contributed by atoms with van der Waals surface area (Å²) in [5, 5.41) is 36.9. The molecule has 0 radical (unpaired) electrons. The fourth-order valence-corrected chi connectivity index (χ4v) is 2.92. The third kappa shape index (κ3) is 3.65. The molecule has 144 valence electrons. The highest BCUT2D eigenvalue weighted by Gasteiger charge is 2.15. The molecular formula is C20H10Cl2N8. The number of hydrogen-bond acceptors (Lipinski definition) is 6. The third-order valence-electron chi connectivity index (χ3n) is 4.11. The first kappa shape index (κ1) is 19.3. The Labute approximate surface area is 180 Å². The van der Waals surface area contributed by atoms with Gasteiger partial charge in [0.25, 0.3) is 0 Å². The first-order valence-electron chi connectivity index (χ1n) is 8.50. The Morgan fingerprint density at radius 2 is 1.03 bits per heavy atom. The Kier molecular flexibility index (Phi) is 5.27. The molecule has 8 nitrogen and oxygen atoms in total. The van der Waals surface area contributed by atoms with E-state index in [0.29, 0.717) is 21.4 Å². The smallest absolute Gasteiger partial charge is 0.195 e. The maximum absolute atomic E-state index is 9.43. The molecule has 2 aromatic carbocycles. The summed E-state index contributed by atoms with van der Waals surface area (Å²) in [4.78, 5) is 0. The van der Waals surface area contributed by atoms with E-state index in [0.717, 1.165) is 0 Å². The number of azo groups is 1. The Morgan fingerprint density at radius 1 is 0.667 bits per heavy atom. The number of halogens is 2. The van der Waals surface area contributed by atoms with Crippen LogP contribution in [0.2, 0.25) is 10.0 Å². The molecule has 0 N–H and O–H groups in total. The fourth-order valence-electron chi connectivity index (χ4n) is 2.67. The molecule has 4 rings (SSSR count). The normalized spacial score (nSPS) is 10.8. The Bertz CT molecular complexity index is 1220. The van der Waals surface area contributed by atoms with E-state index in [9.17, 15) is 10.5 Å². The maximum Gasteiger partial charge on any atom is 0.195 e. The third-order valence-corrected chi connectivity index (χ3v) is 4.61. The minimum absolute atomic E-state index is 0.215. The van der Waals surface area contributed by atoms with Crippen molar-refractivity contribution >= 4 is 34.8 Å². The van der Waals surface area contributed by atoms with Crippen molar-refractivity contribution in [3.63, 3.8) is 0 Å². The molecule has 0 aliphatic heterocycles. The van der Waals surface area contributed by atoms with Gasteiger partial charge in [0, 0.05) is 10.0 Å². The molecule has 0 saturated heterocycles. The number of nitriles is 2. The van der Waals surface area contributed by atoms with Crippen molar-refractivity contribution in [2.75, 3.05) is 0 Å². The molecule has 2 heterocycles. The van der Waals surface area contributed by atoms with Crippen LogP contribution >= 0.6 is 23.2 Å². The summed E-state index contributed by atoms with van der Waals surface area (Å²) >= 11 is 11.9. The van der Waals surface area contributed by atoms with E-state index in [1.165, 1.54) is 21.8 Å². The molecule has 0 unspecified atom stereocenters. The van der Waals surface area contributed by atoms with Gasteiger partial charge in [-0.15, -0.1) is 10.2 Å². The highest BCUT2D eigenvalue weighted by atomic mass is 35.5. The molecule has 30 heavy (non-hydrogen) atoms. The highest BCUT2D eigenvalue weighted by Crippen LogP contribution is 2.29. The second kappa shape index (κ2) is 8.18. The second-order valence-electron chi connectivity index (χ2n) is 5.96. The van der Waals surface area contributed by atoms with Crippen molar-refractivity contribution in [1.29, 1.82) is 10.5 Å². The van der Waals surface area contributed by atoms with Crippen LogP contribution in [0.1, 0.15) is 11.1 Å². The monoisotopic (exact) mass is 432 g/mol. The molecular weight excluding hydrogens is 423 g/mol. The number of nitrogens with zero attached hydrogens (tertiary/aromatic N) is 8. The number of rotatable bonds is 4. The molecule has 10 heteroatoms. The largest absolute Gasteiger partial charge is 0.212 e. The van der Waals surface area contributed by atoms with Crippen molar-refractivity contribution in [1.82, 2.24) is 19.6 Å². The quantitative estimate of drug-likeness (QED) is 0.395. The number of benzene rings is 2. The van der Waals surface area contributed by atoms with Crippen LogP contribution in [0.5, 0.6) is 0 Å². The standard InChI is InChI=1S/C20H10Cl2N8/c21-15-1-5-17(6-2-15)29-19(13(9-23)11-25-29)27-28-20-14(10-24)12-26-30(20)18-7-3-16(22)4-8-18/h1-8,11-12H/b28-27+. The van der Waals surface area contributed by atoms with Crippen LogP contribution in [0, 0.1) is 22.7 Å². The second-order valence-corrected chi connectivity index (χ2v) is 6.84. The zero-order chi connectivity index (χ0) is 21.1. The molecule has 2 aromatic heterocycles. The van der Waals surface area contributed by atoms with Crippen LogP contribution in [0.3, 0.4) is 0 Å². The first-order chi connectivity index (χ1) is 14.6. The minimum atomic E-state index is 0.215. The summed E-state index contributed by atoms with van der Waals surface area (Å²) in [7, 11) is 0. The zero-order valence-electron chi connectivity index (χ0n) is 15.1. The molecule has 0 saturated carbocycles. The van der Waals surface area contributed by atoms with Gasteiger partial charge in [-0.25, -0.2) is 9.36 Å². The lowest BCUT2D eigenvalue weighted by Gasteiger charge is -2.05.